The summed E-state index contributed by atoms with van der Waals surface area (Å²) in [6.07, 6.45) is 5.85. The average Bonchev–Trinajstić information content (AvgIpc) is 3.13. The number of carbonyl (C=O) groups excluding carboxylic acids is 4. The maximum atomic E-state index is 12.7. The molecule has 1 aromatic heterocycles. The van der Waals surface area contributed by atoms with Crippen LogP contribution in [0, 0.1) is 0 Å². The molecule has 2 aromatic carbocycles. The second-order valence-electron chi connectivity index (χ2n) is 8.80. The Morgan fingerprint density at radius 2 is 1.77 bits per heavy atom. The van der Waals surface area contributed by atoms with Gasteiger partial charge in [-0.3, -0.25) is 9.59 Å². The summed E-state index contributed by atoms with van der Waals surface area (Å²) in [6, 6.07) is 13.2. The Bertz CT molecular complexity index is 1450. The number of benzene rings is 2. The third-order valence-corrected chi connectivity index (χ3v) is 7.32. The van der Waals surface area contributed by atoms with E-state index in [0.717, 1.165) is 42.5 Å². The second kappa shape index (κ2) is 13.5. The van der Waals surface area contributed by atoms with Crippen molar-refractivity contribution in [3.05, 3.63) is 75.7 Å². The van der Waals surface area contributed by atoms with E-state index in [1.807, 2.05) is 0 Å². The van der Waals surface area contributed by atoms with Crippen molar-refractivity contribution in [2.24, 2.45) is 5.10 Å². The first kappa shape index (κ1) is 28.5. The standard InChI is InChI=1S/C29H29N3O7S/c1-3-38-29(36)24-21-13-5-4-6-15-23(21)40-27(24)31-25(33)26(34)32-30-17-18-10-9-11-19(16-18)39-28(35)20-12-7-8-14-22(20)37-2/h7-12,14,16-17H,3-6,13,15H2,1-2H3,(H,31,33)(H,32,34)/b30-17+. The summed E-state index contributed by atoms with van der Waals surface area (Å²) in [4.78, 5) is 51.3. The predicted molar refractivity (Wildman–Crippen MR) is 150 cm³/mol. The van der Waals surface area contributed by atoms with Crippen LogP contribution in [0.15, 0.2) is 53.6 Å². The van der Waals surface area contributed by atoms with E-state index in [1.54, 1.807) is 55.5 Å². The number of nitrogens with one attached hydrogen (secondary N) is 2. The summed E-state index contributed by atoms with van der Waals surface area (Å²) in [5.74, 6) is -2.43. The number of carbonyl (C=O) groups is 4. The Labute approximate surface area is 235 Å². The summed E-state index contributed by atoms with van der Waals surface area (Å²) in [5, 5.41) is 6.70. The van der Waals surface area contributed by atoms with Gasteiger partial charge in [0.1, 0.15) is 22.1 Å². The highest BCUT2D eigenvalue weighted by molar-refractivity contribution is 7.17. The van der Waals surface area contributed by atoms with Crippen molar-refractivity contribution in [3.8, 4) is 11.5 Å². The number of hydrazone groups is 1. The van der Waals surface area contributed by atoms with Gasteiger partial charge in [0.25, 0.3) is 0 Å². The fourth-order valence-corrected chi connectivity index (χ4v) is 5.53. The van der Waals surface area contributed by atoms with Gasteiger partial charge in [-0.2, -0.15) is 5.10 Å². The van der Waals surface area contributed by atoms with E-state index in [-0.39, 0.29) is 17.9 Å². The Morgan fingerprint density at radius 3 is 2.58 bits per heavy atom. The van der Waals surface area contributed by atoms with Crippen molar-refractivity contribution in [2.45, 2.75) is 39.0 Å². The molecule has 208 valence electrons. The average molecular weight is 564 g/mol. The number of hydrogen-bond donors (Lipinski definition) is 2. The number of anilines is 1. The molecule has 1 heterocycles. The van der Waals surface area contributed by atoms with Crippen molar-refractivity contribution in [1.29, 1.82) is 0 Å². The number of thiophene rings is 1. The molecule has 0 saturated heterocycles. The molecule has 10 nitrogen and oxygen atoms in total. The molecule has 2 amide bonds. The molecular formula is C29H29N3O7S. The summed E-state index contributed by atoms with van der Waals surface area (Å²) < 4.78 is 15.9. The predicted octanol–water partition coefficient (Wildman–Crippen LogP) is 4.51. The third kappa shape index (κ3) is 6.92. The summed E-state index contributed by atoms with van der Waals surface area (Å²) in [6.45, 7) is 1.92. The molecule has 0 fully saturated rings. The molecule has 1 aliphatic carbocycles. The van der Waals surface area contributed by atoms with Crippen molar-refractivity contribution in [1.82, 2.24) is 5.43 Å². The van der Waals surface area contributed by atoms with E-state index >= 15 is 0 Å². The summed E-state index contributed by atoms with van der Waals surface area (Å²) in [5.41, 5.74) is 4.18. The minimum absolute atomic E-state index is 0.201. The van der Waals surface area contributed by atoms with Crippen LogP contribution in [0.1, 0.15) is 62.9 Å². The van der Waals surface area contributed by atoms with Crippen LogP contribution in [0.2, 0.25) is 0 Å². The number of fused-ring (bicyclic) bond motifs is 1. The van der Waals surface area contributed by atoms with Crippen LogP contribution in [0.4, 0.5) is 5.00 Å². The number of nitrogens with zero attached hydrogens (tertiary/aromatic N) is 1. The molecule has 40 heavy (non-hydrogen) atoms. The first-order valence-corrected chi connectivity index (χ1v) is 13.6. The molecule has 1 aliphatic rings. The van der Waals surface area contributed by atoms with Crippen LogP contribution < -0.4 is 20.2 Å². The molecule has 0 spiro atoms. The number of esters is 2. The van der Waals surface area contributed by atoms with Crippen LogP contribution in [0.25, 0.3) is 0 Å². The number of para-hydroxylation sites is 1. The van der Waals surface area contributed by atoms with Gasteiger partial charge in [-0.15, -0.1) is 11.3 Å². The van der Waals surface area contributed by atoms with Crippen LogP contribution >= 0.6 is 11.3 Å². The molecule has 11 heteroatoms. The van der Waals surface area contributed by atoms with E-state index in [0.29, 0.717) is 21.9 Å². The maximum absolute atomic E-state index is 12.7. The van der Waals surface area contributed by atoms with Gasteiger partial charge in [0, 0.05) is 4.88 Å². The van der Waals surface area contributed by atoms with Crippen LogP contribution in [0.5, 0.6) is 11.5 Å². The van der Waals surface area contributed by atoms with Gasteiger partial charge in [-0.25, -0.2) is 15.0 Å². The first-order valence-electron chi connectivity index (χ1n) is 12.8. The zero-order chi connectivity index (χ0) is 28.5. The molecule has 2 N–H and O–H groups in total. The van der Waals surface area contributed by atoms with Crippen LogP contribution in [-0.2, 0) is 27.2 Å². The second-order valence-corrected chi connectivity index (χ2v) is 9.91. The largest absolute Gasteiger partial charge is 0.496 e. The fourth-order valence-electron chi connectivity index (χ4n) is 4.26. The van der Waals surface area contributed by atoms with Gasteiger partial charge in [0.15, 0.2) is 0 Å². The van der Waals surface area contributed by atoms with Gasteiger partial charge in [-0.05, 0) is 68.0 Å². The maximum Gasteiger partial charge on any atom is 0.347 e. The SMILES string of the molecule is CCOC(=O)c1c(NC(=O)C(=O)N/N=C/c2cccc(OC(=O)c3ccccc3OC)c2)sc2c1CCCCC2. The topological polar surface area (TPSA) is 132 Å². The minimum atomic E-state index is -1.01. The van der Waals surface area contributed by atoms with Crippen LogP contribution in [-0.4, -0.2) is 43.7 Å². The van der Waals surface area contributed by atoms with Crippen molar-refractivity contribution >= 4 is 46.3 Å². The molecule has 0 saturated carbocycles. The number of ether oxygens (including phenoxy) is 3. The number of amides is 2. The zero-order valence-electron chi connectivity index (χ0n) is 22.2. The quantitative estimate of drug-likeness (QED) is 0.103. The highest BCUT2D eigenvalue weighted by atomic mass is 32.1. The van der Waals surface area contributed by atoms with Gasteiger partial charge < -0.3 is 19.5 Å². The fraction of sp³-hybridized carbons (Fsp3) is 0.276. The third-order valence-electron chi connectivity index (χ3n) is 6.11. The lowest BCUT2D eigenvalue weighted by atomic mass is 10.1. The Morgan fingerprint density at radius 1 is 0.975 bits per heavy atom. The Hall–Kier alpha value is -4.51. The monoisotopic (exact) mass is 563 g/mol. The zero-order valence-corrected chi connectivity index (χ0v) is 23.0. The van der Waals surface area contributed by atoms with Crippen molar-refractivity contribution in [3.63, 3.8) is 0 Å². The summed E-state index contributed by atoms with van der Waals surface area (Å²) >= 11 is 1.30. The molecule has 0 unspecified atom stereocenters. The van der Waals surface area contributed by atoms with Crippen LogP contribution in [0.3, 0.4) is 0 Å². The minimum Gasteiger partial charge on any atom is -0.496 e. The van der Waals surface area contributed by atoms with Crippen molar-refractivity contribution < 1.29 is 33.4 Å². The number of methoxy groups -OCH3 is 1. The van der Waals surface area contributed by atoms with Crippen molar-refractivity contribution in [2.75, 3.05) is 19.0 Å². The number of hydrogen-bond acceptors (Lipinski definition) is 9. The molecule has 3 aromatic rings. The highest BCUT2D eigenvalue weighted by Gasteiger charge is 2.28. The Balaban J connectivity index is 1.39. The molecule has 4 rings (SSSR count). The molecule has 0 aliphatic heterocycles. The molecule has 0 bridgehead atoms. The lowest BCUT2D eigenvalue weighted by Crippen LogP contribution is -2.32. The number of aryl methyl sites for hydroxylation is 1. The Kier molecular flexibility index (Phi) is 9.63. The normalized spacial score (nSPS) is 12.7. The van der Waals surface area contributed by atoms with E-state index < -0.39 is 23.8 Å². The highest BCUT2D eigenvalue weighted by Crippen LogP contribution is 2.38. The molecular weight excluding hydrogens is 534 g/mol. The van der Waals surface area contributed by atoms with Gasteiger partial charge in [0.2, 0.25) is 0 Å². The van der Waals surface area contributed by atoms with Gasteiger partial charge >= 0.3 is 23.8 Å². The lowest BCUT2D eigenvalue weighted by Gasteiger charge is -2.08. The van der Waals surface area contributed by atoms with Gasteiger partial charge in [-0.1, -0.05) is 30.7 Å². The molecule has 0 atom stereocenters. The lowest BCUT2D eigenvalue weighted by molar-refractivity contribution is -0.136. The van der Waals surface area contributed by atoms with E-state index in [4.69, 9.17) is 14.2 Å². The molecule has 0 radical (unpaired) electrons. The van der Waals surface area contributed by atoms with E-state index in [9.17, 15) is 19.2 Å². The van der Waals surface area contributed by atoms with Gasteiger partial charge in [0.05, 0.1) is 25.5 Å². The smallest absolute Gasteiger partial charge is 0.347 e. The van der Waals surface area contributed by atoms with E-state index in [2.05, 4.69) is 15.8 Å². The van der Waals surface area contributed by atoms with E-state index in [1.165, 1.54) is 24.7 Å². The first-order chi connectivity index (χ1) is 19.4. The number of rotatable bonds is 8. The summed E-state index contributed by atoms with van der Waals surface area (Å²) in [7, 11) is 1.46.